The van der Waals surface area contributed by atoms with Crippen molar-refractivity contribution in [2.75, 3.05) is 48.8 Å². The Balaban J connectivity index is 1.37. The van der Waals surface area contributed by atoms with E-state index in [0.29, 0.717) is 22.9 Å². The number of pyridine rings is 2. The molecule has 0 aliphatic carbocycles. The third-order valence-corrected chi connectivity index (χ3v) is 5.79. The number of likely N-dealkylation sites (N-methyl/N-ethyl adjacent to an activating group) is 1. The summed E-state index contributed by atoms with van der Waals surface area (Å²) < 4.78 is 5.59. The fourth-order valence-electron chi connectivity index (χ4n) is 3.90. The number of fused-ring (bicyclic) bond motifs is 1. The second-order valence-corrected chi connectivity index (χ2v) is 8.07. The van der Waals surface area contributed by atoms with Crippen LogP contribution in [0.5, 0.6) is 0 Å². The van der Waals surface area contributed by atoms with E-state index in [0.717, 1.165) is 42.9 Å². The number of amides is 1. The number of hydrogen-bond donors (Lipinski definition) is 3. The largest absolute Gasteiger partial charge is 0.462 e. The molecule has 1 aliphatic heterocycles. The fraction of sp³-hybridized carbons (Fsp3) is 0.208. The van der Waals surface area contributed by atoms with E-state index in [4.69, 9.17) is 10.2 Å². The minimum Gasteiger partial charge on any atom is -0.462 e. The summed E-state index contributed by atoms with van der Waals surface area (Å²) in [4.78, 5) is 25.5. The molecule has 9 heteroatoms. The lowest BCUT2D eigenvalue weighted by Crippen LogP contribution is -2.44. The second kappa shape index (κ2) is 8.79. The van der Waals surface area contributed by atoms with Crippen molar-refractivity contribution in [2.24, 2.45) is 5.73 Å². The maximum atomic E-state index is 12.0. The first-order valence-electron chi connectivity index (χ1n) is 10.8. The number of benzene rings is 1. The molecule has 0 bridgehead atoms. The standard InChI is InChI=1S/C24H25N7O2/c1-30-8-10-31(11-9-30)17-5-6-21(26-14-17)29-22-13-20(18(15-27-22)24(25)32)28-19-4-2-3-16-7-12-33-23(16)19/h2-7,12-15H,8-11H2,1H3,(H2,25,32)(H2,26,27,28,29). The Labute approximate surface area is 191 Å². The summed E-state index contributed by atoms with van der Waals surface area (Å²) in [5.41, 5.74) is 8.90. The lowest BCUT2D eigenvalue weighted by Gasteiger charge is -2.33. The van der Waals surface area contributed by atoms with Crippen molar-refractivity contribution >= 4 is 45.6 Å². The Morgan fingerprint density at radius 1 is 0.970 bits per heavy atom. The van der Waals surface area contributed by atoms with Crippen LogP contribution in [0.15, 0.2) is 65.5 Å². The predicted octanol–water partition coefficient (Wildman–Crippen LogP) is 3.56. The van der Waals surface area contributed by atoms with Gasteiger partial charge in [-0.25, -0.2) is 9.97 Å². The van der Waals surface area contributed by atoms with Crippen LogP contribution in [0.4, 0.5) is 28.7 Å². The van der Waals surface area contributed by atoms with Crippen molar-refractivity contribution in [3.63, 3.8) is 0 Å². The van der Waals surface area contributed by atoms with Crippen LogP contribution in [0, 0.1) is 0 Å². The fourth-order valence-corrected chi connectivity index (χ4v) is 3.90. The molecule has 0 unspecified atom stereocenters. The van der Waals surface area contributed by atoms with E-state index in [-0.39, 0.29) is 5.56 Å². The average molecular weight is 444 g/mol. The van der Waals surface area contributed by atoms with Gasteiger partial charge in [0.1, 0.15) is 11.6 Å². The molecule has 1 aromatic carbocycles. The quantitative estimate of drug-likeness (QED) is 0.415. The highest BCUT2D eigenvalue weighted by Gasteiger charge is 2.15. The predicted molar refractivity (Wildman–Crippen MR) is 129 cm³/mol. The van der Waals surface area contributed by atoms with E-state index in [1.165, 1.54) is 6.20 Å². The maximum Gasteiger partial charge on any atom is 0.252 e. The normalized spacial score (nSPS) is 14.4. The van der Waals surface area contributed by atoms with Gasteiger partial charge >= 0.3 is 0 Å². The molecule has 9 nitrogen and oxygen atoms in total. The Hall–Kier alpha value is -4.11. The molecular formula is C24H25N7O2. The molecule has 0 atom stereocenters. The van der Waals surface area contributed by atoms with Crippen LogP contribution in [0.2, 0.25) is 0 Å². The number of primary amides is 1. The smallest absolute Gasteiger partial charge is 0.252 e. The van der Waals surface area contributed by atoms with E-state index in [1.54, 1.807) is 12.3 Å². The van der Waals surface area contributed by atoms with Crippen LogP contribution in [-0.4, -0.2) is 54.0 Å². The molecule has 33 heavy (non-hydrogen) atoms. The molecule has 4 N–H and O–H groups in total. The minimum absolute atomic E-state index is 0.280. The first-order valence-corrected chi connectivity index (χ1v) is 10.8. The zero-order valence-electron chi connectivity index (χ0n) is 18.3. The number of aromatic nitrogens is 2. The number of nitrogens with zero attached hydrogens (tertiary/aromatic N) is 4. The van der Waals surface area contributed by atoms with Gasteiger partial charge in [-0.3, -0.25) is 4.79 Å². The maximum absolute atomic E-state index is 12.0. The van der Waals surface area contributed by atoms with Crippen LogP contribution < -0.4 is 21.3 Å². The zero-order valence-corrected chi connectivity index (χ0v) is 18.3. The SMILES string of the molecule is CN1CCN(c2ccc(Nc3cc(Nc4cccc5ccoc45)c(C(N)=O)cn3)nc2)CC1. The molecule has 5 rings (SSSR count). The number of carbonyl (C=O) groups excluding carboxylic acids is 1. The van der Waals surface area contributed by atoms with Crippen molar-refractivity contribution < 1.29 is 9.21 Å². The molecule has 1 saturated heterocycles. The van der Waals surface area contributed by atoms with Crippen molar-refractivity contribution in [1.82, 2.24) is 14.9 Å². The van der Waals surface area contributed by atoms with Crippen LogP contribution >= 0.6 is 0 Å². The van der Waals surface area contributed by atoms with Crippen LogP contribution in [0.1, 0.15) is 10.4 Å². The molecule has 4 aromatic rings. The van der Waals surface area contributed by atoms with Gasteiger partial charge < -0.3 is 30.6 Å². The summed E-state index contributed by atoms with van der Waals surface area (Å²) in [6.07, 6.45) is 4.94. The van der Waals surface area contributed by atoms with Crippen molar-refractivity contribution in [3.05, 3.63) is 66.7 Å². The van der Waals surface area contributed by atoms with Crippen molar-refractivity contribution in [3.8, 4) is 0 Å². The zero-order chi connectivity index (χ0) is 22.8. The third-order valence-electron chi connectivity index (χ3n) is 5.79. The Kier molecular flexibility index (Phi) is 5.54. The first-order chi connectivity index (χ1) is 16.1. The Morgan fingerprint density at radius 3 is 2.55 bits per heavy atom. The number of piperazine rings is 1. The average Bonchev–Trinajstić information content (AvgIpc) is 3.30. The number of hydrogen-bond acceptors (Lipinski definition) is 8. The molecular weight excluding hydrogens is 418 g/mol. The van der Waals surface area contributed by atoms with E-state index >= 15 is 0 Å². The Bertz CT molecular complexity index is 1280. The molecule has 0 saturated carbocycles. The first kappa shape index (κ1) is 20.8. The number of para-hydroxylation sites is 1. The minimum atomic E-state index is -0.571. The van der Waals surface area contributed by atoms with Crippen LogP contribution in [0.25, 0.3) is 11.0 Å². The Morgan fingerprint density at radius 2 is 1.79 bits per heavy atom. The topological polar surface area (TPSA) is 113 Å². The lowest BCUT2D eigenvalue weighted by atomic mass is 10.2. The molecule has 0 radical (unpaired) electrons. The molecule has 3 aromatic heterocycles. The highest BCUT2D eigenvalue weighted by Crippen LogP contribution is 2.30. The van der Waals surface area contributed by atoms with E-state index in [9.17, 15) is 4.79 Å². The highest BCUT2D eigenvalue weighted by atomic mass is 16.3. The van der Waals surface area contributed by atoms with Crippen molar-refractivity contribution in [2.45, 2.75) is 0 Å². The molecule has 1 fully saturated rings. The van der Waals surface area contributed by atoms with Gasteiger partial charge in [-0.2, -0.15) is 0 Å². The van der Waals surface area contributed by atoms with Gasteiger partial charge in [0.15, 0.2) is 5.58 Å². The van der Waals surface area contributed by atoms with Gasteiger partial charge in [0.05, 0.1) is 35.1 Å². The molecule has 1 aliphatic rings. The van der Waals surface area contributed by atoms with Gasteiger partial charge in [-0.1, -0.05) is 12.1 Å². The second-order valence-electron chi connectivity index (χ2n) is 8.07. The van der Waals surface area contributed by atoms with E-state index in [2.05, 4.69) is 43.5 Å². The summed E-state index contributed by atoms with van der Waals surface area (Å²) in [7, 11) is 2.14. The lowest BCUT2D eigenvalue weighted by molar-refractivity contribution is 0.100. The summed E-state index contributed by atoms with van der Waals surface area (Å²) in [6, 6.07) is 13.3. The number of anilines is 5. The number of nitrogens with two attached hydrogens (primary N) is 1. The number of rotatable bonds is 6. The van der Waals surface area contributed by atoms with Gasteiger partial charge in [0, 0.05) is 43.8 Å². The van der Waals surface area contributed by atoms with Gasteiger partial charge in [0.25, 0.3) is 5.91 Å². The third kappa shape index (κ3) is 4.44. The number of nitrogens with one attached hydrogen (secondary N) is 2. The monoisotopic (exact) mass is 443 g/mol. The van der Waals surface area contributed by atoms with Crippen LogP contribution in [-0.2, 0) is 0 Å². The highest BCUT2D eigenvalue weighted by molar-refractivity contribution is 6.01. The number of carbonyl (C=O) groups is 1. The van der Waals surface area contributed by atoms with Gasteiger partial charge in [-0.15, -0.1) is 0 Å². The molecule has 1 amide bonds. The van der Waals surface area contributed by atoms with Crippen molar-refractivity contribution in [1.29, 1.82) is 0 Å². The van der Waals surface area contributed by atoms with E-state index < -0.39 is 5.91 Å². The summed E-state index contributed by atoms with van der Waals surface area (Å²) in [5.74, 6) is 0.623. The summed E-state index contributed by atoms with van der Waals surface area (Å²) in [5, 5.41) is 7.42. The number of furan rings is 1. The molecule has 168 valence electrons. The molecule has 0 spiro atoms. The van der Waals surface area contributed by atoms with Gasteiger partial charge in [-0.05, 0) is 31.3 Å². The summed E-state index contributed by atoms with van der Waals surface area (Å²) in [6.45, 7) is 4.05. The van der Waals surface area contributed by atoms with Crippen LogP contribution in [0.3, 0.4) is 0 Å². The van der Waals surface area contributed by atoms with E-state index in [1.807, 2.05) is 36.5 Å². The summed E-state index contributed by atoms with van der Waals surface area (Å²) >= 11 is 0. The molecule has 4 heterocycles. The van der Waals surface area contributed by atoms with Gasteiger partial charge in [0.2, 0.25) is 0 Å².